The number of rotatable bonds is 2. The van der Waals surface area contributed by atoms with Gasteiger partial charge in [-0.25, -0.2) is 0 Å². The van der Waals surface area contributed by atoms with Gasteiger partial charge < -0.3 is 5.32 Å². The van der Waals surface area contributed by atoms with Crippen LogP contribution in [0.4, 0.5) is 0 Å². The van der Waals surface area contributed by atoms with Gasteiger partial charge in [-0.3, -0.25) is 0 Å². The first-order chi connectivity index (χ1) is 8.86. The Kier molecular flexibility index (Phi) is 2.84. The molecule has 2 nitrogen and oxygen atoms in total. The van der Waals surface area contributed by atoms with Crippen LogP contribution in [0.3, 0.4) is 0 Å². The van der Waals surface area contributed by atoms with Gasteiger partial charge in [-0.2, -0.15) is 5.26 Å². The first-order valence-electron chi connectivity index (χ1n) is 6.18. The molecule has 1 N–H and O–H groups in total. The van der Waals surface area contributed by atoms with Crippen LogP contribution in [-0.2, 0) is 0 Å². The van der Waals surface area contributed by atoms with E-state index >= 15 is 0 Å². The van der Waals surface area contributed by atoms with Gasteiger partial charge in [0.05, 0.1) is 11.6 Å². The van der Waals surface area contributed by atoms with Crippen molar-refractivity contribution in [1.29, 1.82) is 5.26 Å². The van der Waals surface area contributed by atoms with E-state index in [1.807, 2.05) is 24.3 Å². The Morgan fingerprint density at radius 2 is 1.44 bits per heavy atom. The van der Waals surface area contributed by atoms with E-state index in [-0.39, 0.29) is 0 Å². The van der Waals surface area contributed by atoms with E-state index in [4.69, 9.17) is 5.26 Å². The van der Waals surface area contributed by atoms with E-state index in [2.05, 4.69) is 35.7 Å². The molecule has 0 saturated carbocycles. The van der Waals surface area contributed by atoms with Crippen molar-refractivity contribution < 1.29 is 0 Å². The summed E-state index contributed by atoms with van der Waals surface area (Å²) in [6, 6.07) is 18.6. The normalized spacial score (nSPS) is 14.8. The molecule has 0 radical (unpaired) electrons. The summed E-state index contributed by atoms with van der Waals surface area (Å²) in [4.78, 5) is 0. The standard InChI is InChI=1S/C16H14N2/c17-9-12-1-3-13(4-2-12)14-5-7-15(8-6-14)16-10-18-11-16/h1-8,16,18H,10-11H2. The van der Waals surface area contributed by atoms with Crippen molar-refractivity contribution >= 4 is 0 Å². The van der Waals surface area contributed by atoms with Crippen LogP contribution in [0, 0.1) is 11.3 Å². The molecular formula is C16H14N2. The molecule has 0 spiro atoms. The molecule has 0 bridgehead atoms. The predicted molar refractivity (Wildman–Crippen MR) is 72.2 cm³/mol. The maximum Gasteiger partial charge on any atom is 0.0991 e. The summed E-state index contributed by atoms with van der Waals surface area (Å²) >= 11 is 0. The molecule has 0 amide bonds. The van der Waals surface area contributed by atoms with E-state index in [1.165, 1.54) is 11.1 Å². The monoisotopic (exact) mass is 234 g/mol. The smallest absolute Gasteiger partial charge is 0.0991 e. The molecule has 0 aromatic heterocycles. The molecular weight excluding hydrogens is 220 g/mol. The summed E-state index contributed by atoms with van der Waals surface area (Å²) in [6.45, 7) is 2.19. The topological polar surface area (TPSA) is 35.8 Å². The van der Waals surface area contributed by atoms with Crippen molar-refractivity contribution in [3.05, 3.63) is 59.7 Å². The van der Waals surface area contributed by atoms with Crippen LogP contribution >= 0.6 is 0 Å². The highest BCUT2D eigenvalue weighted by atomic mass is 14.9. The summed E-state index contributed by atoms with van der Waals surface area (Å²) in [5, 5.41) is 12.1. The Balaban J connectivity index is 1.85. The highest BCUT2D eigenvalue weighted by Gasteiger charge is 2.18. The number of nitrogens with one attached hydrogen (secondary N) is 1. The van der Waals surface area contributed by atoms with E-state index < -0.39 is 0 Å². The van der Waals surface area contributed by atoms with E-state index in [0.717, 1.165) is 18.7 Å². The lowest BCUT2D eigenvalue weighted by Gasteiger charge is -2.27. The maximum atomic E-state index is 8.77. The van der Waals surface area contributed by atoms with Gasteiger partial charge in [-0.15, -0.1) is 0 Å². The minimum Gasteiger partial charge on any atom is -0.315 e. The minimum absolute atomic E-state index is 0.681. The SMILES string of the molecule is N#Cc1ccc(-c2ccc(C3CNC3)cc2)cc1. The molecule has 0 atom stereocenters. The molecule has 0 aliphatic carbocycles. The van der Waals surface area contributed by atoms with Crippen LogP contribution in [0.2, 0.25) is 0 Å². The molecule has 1 saturated heterocycles. The van der Waals surface area contributed by atoms with E-state index in [0.29, 0.717) is 11.5 Å². The number of benzene rings is 2. The van der Waals surface area contributed by atoms with Gasteiger partial charge in [0.15, 0.2) is 0 Å². The lowest BCUT2D eigenvalue weighted by atomic mass is 9.92. The van der Waals surface area contributed by atoms with Crippen LogP contribution in [-0.4, -0.2) is 13.1 Å². The van der Waals surface area contributed by atoms with Gasteiger partial charge in [0.2, 0.25) is 0 Å². The average molecular weight is 234 g/mol. The average Bonchev–Trinajstić information content (AvgIpc) is 2.38. The maximum absolute atomic E-state index is 8.77. The molecule has 1 aliphatic heterocycles. The predicted octanol–water partition coefficient (Wildman–Crippen LogP) is 2.91. The van der Waals surface area contributed by atoms with Crippen LogP contribution in [0.15, 0.2) is 48.5 Å². The molecule has 88 valence electrons. The molecule has 1 fully saturated rings. The number of hydrogen-bond acceptors (Lipinski definition) is 2. The first-order valence-corrected chi connectivity index (χ1v) is 6.18. The third kappa shape index (κ3) is 2.01. The van der Waals surface area contributed by atoms with Crippen LogP contribution in [0.5, 0.6) is 0 Å². The molecule has 2 heteroatoms. The zero-order valence-corrected chi connectivity index (χ0v) is 10.1. The lowest BCUT2D eigenvalue weighted by Crippen LogP contribution is -2.39. The molecule has 1 aliphatic rings. The summed E-state index contributed by atoms with van der Waals surface area (Å²) < 4.78 is 0. The van der Waals surface area contributed by atoms with Gasteiger partial charge in [-0.05, 0) is 28.8 Å². The third-order valence-corrected chi connectivity index (χ3v) is 3.51. The van der Waals surface area contributed by atoms with E-state index in [9.17, 15) is 0 Å². The van der Waals surface area contributed by atoms with Gasteiger partial charge in [0, 0.05) is 19.0 Å². The quantitative estimate of drug-likeness (QED) is 0.867. The first kappa shape index (κ1) is 11.0. The Morgan fingerprint density at radius 1 is 0.889 bits per heavy atom. The van der Waals surface area contributed by atoms with Crippen LogP contribution in [0.1, 0.15) is 17.0 Å². The zero-order valence-electron chi connectivity index (χ0n) is 10.1. The van der Waals surface area contributed by atoms with Gasteiger partial charge >= 0.3 is 0 Å². The van der Waals surface area contributed by atoms with Gasteiger partial charge in [-0.1, -0.05) is 36.4 Å². The van der Waals surface area contributed by atoms with Gasteiger partial charge in [0.1, 0.15) is 0 Å². The Bertz CT molecular complexity index is 572. The van der Waals surface area contributed by atoms with Crippen molar-refractivity contribution in [3.8, 4) is 17.2 Å². The Hall–Kier alpha value is -2.11. The van der Waals surface area contributed by atoms with Crippen molar-refractivity contribution in [2.24, 2.45) is 0 Å². The Labute approximate surface area is 107 Å². The highest BCUT2D eigenvalue weighted by molar-refractivity contribution is 5.64. The molecule has 1 heterocycles. The van der Waals surface area contributed by atoms with Crippen LogP contribution < -0.4 is 5.32 Å². The summed E-state index contributed by atoms with van der Waals surface area (Å²) in [7, 11) is 0. The molecule has 3 rings (SSSR count). The molecule has 18 heavy (non-hydrogen) atoms. The lowest BCUT2D eigenvalue weighted by molar-refractivity contribution is 0.448. The number of nitrogens with zero attached hydrogens (tertiary/aromatic N) is 1. The summed E-state index contributed by atoms with van der Waals surface area (Å²) in [6.07, 6.45) is 0. The van der Waals surface area contributed by atoms with Gasteiger partial charge in [0.25, 0.3) is 0 Å². The Morgan fingerprint density at radius 3 is 1.89 bits per heavy atom. The molecule has 0 unspecified atom stereocenters. The third-order valence-electron chi connectivity index (χ3n) is 3.51. The zero-order chi connectivity index (χ0) is 12.4. The van der Waals surface area contributed by atoms with Crippen molar-refractivity contribution in [2.75, 3.05) is 13.1 Å². The van der Waals surface area contributed by atoms with Crippen molar-refractivity contribution in [1.82, 2.24) is 5.32 Å². The van der Waals surface area contributed by atoms with Crippen molar-refractivity contribution in [2.45, 2.75) is 5.92 Å². The second-order valence-electron chi connectivity index (χ2n) is 4.67. The fourth-order valence-corrected chi connectivity index (χ4v) is 2.21. The molecule has 2 aromatic carbocycles. The minimum atomic E-state index is 0.681. The molecule has 2 aromatic rings. The number of nitriles is 1. The fourth-order valence-electron chi connectivity index (χ4n) is 2.21. The van der Waals surface area contributed by atoms with Crippen molar-refractivity contribution in [3.63, 3.8) is 0 Å². The number of hydrogen-bond donors (Lipinski definition) is 1. The van der Waals surface area contributed by atoms with E-state index in [1.54, 1.807) is 0 Å². The summed E-state index contributed by atoms with van der Waals surface area (Å²) in [5.74, 6) is 0.681. The largest absolute Gasteiger partial charge is 0.315 e. The van der Waals surface area contributed by atoms with Crippen LogP contribution in [0.25, 0.3) is 11.1 Å². The fraction of sp³-hybridized carbons (Fsp3) is 0.188. The summed E-state index contributed by atoms with van der Waals surface area (Å²) in [5.41, 5.74) is 4.48. The highest BCUT2D eigenvalue weighted by Crippen LogP contribution is 2.24. The second kappa shape index (κ2) is 4.64. The second-order valence-corrected chi connectivity index (χ2v) is 4.67.